The molecule has 0 spiro atoms. The molecule has 8 nitrogen and oxygen atoms in total. The van der Waals surface area contributed by atoms with Crippen LogP contribution in [-0.2, 0) is 4.74 Å². The van der Waals surface area contributed by atoms with Gasteiger partial charge in [0.1, 0.15) is 11.4 Å². The first kappa shape index (κ1) is 21.0. The van der Waals surface area contributed by atoms with Gasteiger partial charge < -0.3 is 14.5 Å². The second kappa shape index (κ2) is 9.07. The normalized spacial score (nSPS) is 10.5. The Morgan fingerprint density at radius 3 is 2.21 bits per heavy atom. The van der Waals surface area contributed by atoms with Crippen molar-refractivity contribution in [3.63, 3.8) is 0 Å². The van der Waals surface area contributed by atoms with Gasteiger partial charge in [0, 0.05) is 11.3 Å². The van der Waals surface area contributed by atoms with Crippen LogP contribution >= 0.6 is 0 Å². The van der Waals surface area contributed by atoms with Crippen molar-refractivity contribution in [3.8, 4) is 5.75 Å². The highest BCUT2D eigenvalue weighted by molar-refractivity contribution is 6.02. The highest BCUT2D eigenvalue weighted by Gasteiger charge is 2.23. The summed E-state index contributed by atoms with van der Waals surface area (Å²) in [5.74, 6) is -0.889. The van der Waals surface area contributed by atoms with E-state index in [1.54, 1.807) is 52.0 Å². The third-order valence-electron chi connectivity index (χ3n) is 3.93. The molecule has 0 aliphatic rings. The second-order valence-corrected chi connectivity index (χ2v) is 6.44. The van der Waals surface area contributed by atoms with E-state index in [1.807, 2.05) is 6.92 Å². The molecule has 0 atom stereocenters. The number of H-pyrrole nitrogens is 1. The first-order valence-electron chi connectivity index (χ1n) is 8.98. The largest absolute Gasteiger partial charge is 0.494 e. The van der Waals surface area contributed by atoms with Crippen molar-refractivity contribution < 1.29 is 23.9 Å². The van der Waals surface area contributed by atoms with Crippen LogP contribution in [-0.4, -0.2) is 35.5 Å². The Morgan fingerprint density at radius 2 is 1.64 bits per heavy atom. The Hall–Kier alpha value is -3.29. The van der Waals surface area contributed by atoms with Crippen molar-refractivity contribution in [2.24, 2.45) is 0 Å². The highest BCUT2D eigenvalue weighted by atomic mass is 16.5. The fraction of sp³-hybridized carbons (Fsp3) is 0.350. The lowest BCUT2D eigenvalue weighted by Crippen LogP contribution is -2.42. The molecule has 2 aromatic rings. The SMILES string of the molecule is CCOc1ccc(C(=O)NNC(=O)c2[nH]c(C)c(C(=O)OC(C)C)c2C)cc1. The third-order valence-corrected chi connectivity index (χ3v) is 3.93. The third kappa shape index (κ3) is 4.91. The van der Waals surface area contributed by atoms with E-state index in [0.29, 0.717) is 34.7 Å². The maximum atomic E-state index is 12.4. The van der Waals surface area contributed by atoms with Crippen molar-refractivity contribution in [1.29, 1.82) is 0 Å². The van der Waals surface area contributed by atoms with Crippen LogP contribution in [0.2, 0.25) is 0 Å². The Bertz CT molecular complexity index is 869. The van der Waals surface area contributed by atoms with Crippen molar-refractivity contribution in [1.82, 2.24) is 15.8 Å². The van der Waals surface area contributed by atoms with Gasteiger partial charge in [-0.25, -0.2) is 4.79 Å². The highest BCUT2D eigenvalue weighted by Crippen LogP contribution is 2.19. The summed E-state index contributed by atoms with van der Waals surface area (Å²) in [5.41, 5.74) is 6.53. The Labute approximate surface area is 163 Å². The fourth-order valence-electron chi connectivity index (χ4n) is 2.67. The predicted molar refractivity (Wildman–Crippen MR) is 103 cm³/mol. The standard InChI is InChI=1S/C20H25N3O5/c1-6-27-15-9-7-14(8-10-15)18(24)22-23-19(25)17-12(4)16(13(5)21-17)20(26)28-11(2)3/h7-11,21H,6H2,1-5H3,(H,22,24)(H,23,25). The number of carbonyl (C=O) groups is 3. The Balaban J connectivity index is 2.05. The zero-order valence-corrected chi connectivity index (χ0v) is 16.6. The fourth-order valence-corrected chi connectivity index (χ4v) is 2.67. The van der Waals surface area contributed by atoms with Crippen molar-refractivity contribution >= 4 is 17.8 Å². The van der Waals surface area contributed by atoms with Crippen LogP contribution in [0.15, 0.2) is 24.3 Å². The number of aromatic nitrogens is 1. The first-order chi connectivity index (χ1) is 13.2. The minimum absolute atomic E-state index is 0.181. The predicted octanol–water partition coefficient (Wildman–Crippen LogP) is 2.67. The van der Waals surface area contributed by atoms with Gasteiger partial charge in [-0.15, -0.1) is 0 Å². The van der Waals surface area contributed by atoms with Crippen LogP contribution in [0.25, 0.3) is 0 Å². The zero-order chi connectivity index (χ0) is 20.8. The summed E-state index contributed by atoms with van der Waals surface area (Å²) in [6, 6.07) is 6.53. The molecule has 0 aliphatic carbocycles. The van der Waals surface area contributed by atoms with E-state index >= 15 is 0 Å². The molecule has 1 heterocycles. The van der Waals surface area contributed by atoms with Gasteiger partial charge in [0.05, 0.1) is 18.3 Å². The molecule has 3 N–H and O–H groups in total. The number of rotatable bonds is 6. The average molecular weight is 387 g/mol. The molecule has 2 amide bonds. The number of carbonyl (C=O) groups excluding carboxylic acids is 3. The van der Waals surface area contributed by atoms with Crippen molar-refractivity contribution in [3.05, 3.63) is 52.3 Å². The molecule has 0 unspecified atom stereocenters. The van der Waals surface area contributed by atoms with Gasteiger partial charge in [0.25, 0.3) is 11.8 Å². The van der Waals surface area contributed by atoms with Crippen molar-refractivity contribution in [2.75, 3.05) is 6.61 Å². The number of esters is 1. The van der Waals surface area contributed by atoms with Crippen LogP contribution in [0.1, 0.15) is 63.2 Å². The molecule has 0 saturated carbocycles. The van der Waals surface area contributed by atoms with E-state index in [4.69, 9.17) is 9.47 Å². The molecule has 2 rings (SSSR count). The van der Waals surface area contributed by atoms with E-state index in [2.05, 4.69) is 15.8 Å². The molecule has 1 aromatic carbocycles. The average Bonchev–Trinajstić information content (AvgIpc) is 2.94. The second-order valence-electron chi connectivity index (χ2n) is 6.44. The monoisotopic (exact) mass is 387 g/mol. The molecule has 0 aliphatic heterocycles. The number of aryl methyl sites for hydroxylation is 1. The Kier molecular flexibility index (Phi) is 6.81. The van der Waals surface area contributed by atoms with Gasteiger partial charge in [-0.05, 0) is 64.4 Å². The summed E-state index contributed by atoms with van der Waals surface area (Å²) in [6.45, 7) is 9.22. The maximum absolute atomic E-state index is 12.4. The summed E-state index contributed by atoms with van der Waals surface area (Å²) in [7, 11) is 0. The number of benzene rings is 1. The minimum Gasteiger partial charge on any atom is -0.494 e. The van der Waals surface area contributed by atoms with Gasteiger partial charge in [-0.2, -0.15) is 0 Å². The first-order valence-corrected chi connectivity index (χ1v) is 8.98. The molecule has 1 aromatic heterocycles. The topological polar surface area (TPSA) is 110 Å². The van der Waals surface area contributed by atoms with E-state index in [1.165, 1.54) is 0 Å². The number of hydrogen-bond donors (Lipinski definition) is 3. The quantitative estimate of drug-likeness (QED) is 0.521. The Morgan fingerprint density at radius 1 is 1.04 bits per heavy atom. The number of aromatic amines is 1. The summed E-state index contributed by atoms with van der Waals surface area (Å²) < 4.78 is 10.5. The number of amides is 2. The van der Waals surface area contributed by atoms with E-state index in [9.17, 15) is 14.4 Å². The zero-order valence-electron chi connectivity index (χ0n) is 16.6. The van der Waals surface area contributed by atoms with Crippen molar-refractivity contribution in [2.45, 2.75) is 40.7 Å². The molecular weight excluding hydrogens is 362 g/mol. The van der Waals surface area contributed by atoms with Crippen LogP contribution in [0, 0.1) is 13.8 Å². The number of nitrogens with one attached hydrogen (secondary N) is 3. The lowest BCUT2D eigenvalue weighted by Gasteiger charge is -2.09. The van der Waals surface area contributed by atoms with Gasteiger partial charge >= 0.3 is 5.97 Å². The molecule has 28 heavy (non-hydrogen) atoms. The molecule has 0 saturated heterocycles. The lowest BCUT2D eigenvalue weighted by molar-refractivity contribution is 0.0376. The van der Waals surface area contributed by atoms with Crippen LogP contribution in [0.3, 0.4) is 0 Å². The molecular formula is C20H25N3O5. The van der Waals surface area contributed by atoms with Gasteiger partial charge in [0.15, 0.2) is 0 Å². The summed E-state index contributed by atoms with van der Waals surface area (Å²) in [4.78, 5) is 39.7. The van der Waals surface area contributed by atoms with Crippen LogP contribution in [0.5, 0.6) is 5.75 Å². The molecule has 0 bridgehead atoms. The van der Waals surface area contributed by atoms with Crippen LogP contribution < -0.4 is 15.6 Å². The summed E-state index contributed by atoms with van der Waals surface area (Å²) in [6.07, 6.45) is -0.271. The minimum atomic E-state index is -0.566. The summed E-state index contributed by atoms with van der Waals surface area (Å²) in [5, 5.41) is 0. The number of hydrazine groups is 1. The van der Waals surface area contributed by atoms with Crippen LogP contribution in [0.4, 0.5) is 0 Å². The van der Waals surface area contributed by atoms with Gasteiger partial charge in [-0.1, -0.05) is 0 Å². The molecule has 150 valence electrons. The van der Waals surface area contributed by atoms with E-state index in [0.717, 1.165) is 0 Å². The lowest BCUT2D eigenvalue weighted by atomic mass is 10.1. The number of ether oxygens (including phenoxy) is 2. The van der Waals surface area contributed by atoms with Gasteiger partial charge in [-0.3, -0.25) is 20.4 Å². The number of hydrogen-bond acceptors (Lipinski definition) is 5. The molecule has 8 heteroatoms. The summed E-state index contributed by atoms with van der Waals surface area (Å²) >= 11 is 0. The van der Waals surface area contributed by atoms with E-state index in [-0.39, 0.29) is 11.8 Å². The smallest absolute Gasteiger partial charge is 0.340 e. The molecule has 0 fully saturated rings. The molecule has 0 radical (unpaired) electrons. The maximum Gasteiger partial charge on any atom is 0.340 e. The van der Waals surface area contributed by atoms with E-state index < -0.39 is 17.8 Å². The van der Waals surface area contributed by atoms with Gasteiger partial charge in [0.2, 0.25) is 0 Å².